The fourth-order valence-corrected chi connectivity index (χ4v) is 2.57. The number of aromatic nitrogens is 2. The molecule has 142 valence electrons. The average Bonchev–Trinajstić information content (AvgIpc) is 2.92. The van der Waals surface area contributed by atoms with Gasteiger partial charge < -0.3 is 25.7 Å². The zero-order valence-electron chi connectivity index (χ0n) is 14.2. The molecule has 0 aliphatic carbocycles. The number of nitrogens with two attached hydrogens (primary N) is 1. The van der Waals surface area contributed by atoms with Crippen molar-refractivity contribution in [1.82, 2.24) is 9.55 Å². The number of nitrogens with one attached hydrogen (secondary N) is 2. The van der Waals surface area contributed by atoms with Crippen molar-refractivity contribution in [2.24, 2.45) is 0 Å². The van der Waals surface area contributed by atoms with E-state index in [9.17, 15) is 18.0 Å². The predicted molar refractivity (Wildman–Crippen MR) is 95.4 cm³/mol. The molecule has 1 heterocycles. The van der Waals surface area contributed by atoms with Crippen LogP contribution in [0.5, 0.6) is 5.75 Å². The molecule has 0 radical (unpaired) electrons. The van der Waals surface area contributed by atoms with Gasteiger partial charge in [-0.25, -0.2) is 4.98 Å². The van der Waals surface area contributed by atoms with Gasteiger partial charge in [-0.1, -0.05) is 0 Å². The molecule has 1 amide bonds. The largest absolute Gasteiger partial charge is 0.573 e. The van der Waals surface area contributed by atoms with Crippen molar-refractivity contribution >= 4 is 34.3 Å². The first-order chi connectivity index (χ1) is 12.7. The first-order valence-electron chi connectivity index (χ1n) is 7.84. The highest BCUT2D eigenvalue weighted by molar-refractivity contribution is 5.92. The van der Waals surface area contributed by atoms with Crippen LogP contribution in [0.4, 0.5) is 30.5 Å². The number of carbonyl (C=O) groups excluding carboxylic acids is 1. The smallest absolute Gasteiger partial charge is 0.406 e. The van der Waals surface area contributed by atoms with Crippen LogP contribution in [0.15, 0.2) is 42.5 Å². The van der Waals surface area contributed by atoms with E-state index >= 15 is 0 Å². The number of nitrogens with zero attached hydrogens (tertiary/aromatic N) is 2. The molecule has 4 N–H and O–H groups in total. The third-order valence-corrected chi connectivity index (χ3v) is 3.67. The minimum Gasteiger partial charge on any atom is -0.406 e. The summed E-state index contributed by atoms with van der Waals surface area (Å²) in [6, 6.07) is 10.1. The van der Waals surface area contributed by atoms with Crippen LogP contribution in [0.25, 0.3) is 11.0 Å². The molecule has 0 bridgehead atoms. The van der Waals surface area contributed by atoms with Crippen molar-refractivity contribution < 1.29 is 22.7 Å². The summed E-state index contributed by atoms with van der Waals surface area (Å²) in [7, 11) is 1.68. The highest BCUT2D eigenvalue weighted by atomic mass is 19.4. The summed E-state index contributed by atoms with van der Waals surface area (Å²) in [6.07, 6.45) is -4.77. The molecule has 10 heteroatoms. The van der Waals surface area contributed by atoms with E-state index in [0.717, 1.165) is 12.1 Å². The van der Waals surface area contributed by atoms with Crippen LogP contribution in [-0.2, 0) is 11.3 Å². The van der Waals surface area contributed by atoms with Crippen molar-refractivity contribution in [3.63, 3.8) is 0 Å². The Hall–Kier alpha value is -3.43. The van der Waals surface area contributed by atoms with Crippen molar-refractivity contribution in [3.8, 4) is 5.75 Å². The molecular formula is C17H16F3N5O2. The topological polar surface area (TPSA) is 94.2 Å². The van der Waals surface area contributed by atoms with E-state index in [-0.39, 0.29) is 18.2 Å². The number of anilines is 3. The monoisotopic (exact) mass is 379 g/mol. The summed E-state index contributed by atoms with van der Waals surface area (Å²) in [5, 5.41) is 5.53. The van der Waals surface area contributed by atoms with E-state index in [1.807, 2.05) is 0 Å². The van der Waals surface area contributed by atoms with Gasteiger partial charge in [-0.3, -0.25) is 4.79 Å². The Morgan fingerprint density at radius 1 is 1.22 bits per heavy atom. The Morgan fingerprint density at radius 3 is 2.56 bits per heavy atom. The van der Waals surface area contributed by atoms with Gasteiger partial charge in [0.15, 0.2) is 0 Å². The molecular weight excluding hydrogens is 363 g/mol. The van der Waals surface area contributed by atoms with E-state index in [1.54, 1.807) is 29.8 Å². The maximum atomic E-state index is 12.4. The molecule has 2 aromatic carbocycles. The number of hydrogen-bond acceptors (Lipinski definition) is 5. The molecule has 0 aliphatic heterocycles. The molecule has 0 saturated carbocycles. The summed E-state index contributed by atoms with van der Waals surface area (Å²) in [5.41, 5.74) is 8.03. The van der Waals surface area contributed by atoms with E-state index in [4.69, 9.17) is 5.73 Å². The minimum absolute atomic E-state index is 0.0586. The van der Waals surface area contributed by atoms with E-state index < -0.39 is 6.36 Å². The van der Waals surface area contributed by atoms with E-state index in [1.165, 1.54) is 12.1 Å². The molecule has 7 nitrogen and oxygen atoms in total. The number of alkyl halides is 3. The molecule has 0 atom stereocenters. The SMILES string of the molecule is CNc1nc2ccc(N)cc2n1CC(=O)Nc1ccc(OC(F)(F)F)cc1. The summed E-state index contributed by atoms with van der Waals surface area (Å²) < 4.78 is 42.0. The van der Waals surface area contributed by atoms with Gasteiger partial charge in [0.2, 0.25) is 11.9 Å². The molecule has 1 aromatic heterocycles. The van der Waals surface area contributed by atoms with Gasteiger partial charge in [-0.15, -0.1) is 13.2 Å². The fourth-order valence-electron chi connectivity index (χ4n) is 2.57. The van der Waals surface area contributed by atoms with Crippen LogP contribution in [0.1, 0.15) is 0 Å². The number of fused-ring (bicyclic) bond motifs is 1. The van der Waals surface area contributed by atoms with Gasteiger partial charge in [0.1, 0.15) is 12.3 Å². The second-order valence-corrected chi connectivity index (χ2v) is 5.64. The highest BCUT2D eigenvalue weighted by Gasteiger charge is 2.30. The van der Waals surface area contributed by atoms with Crippen LogP contribution >= 0.6 is 0 Å². The maximum Gasteiger partial charge on any atom is 0.573 e. The number of benzene rings is 2. The lowest BCUT2D eigenvalue weighted by Gasteiger charge is -2.11. The molecule has 27 heavy (non-hydrogen) atoms. The third kappa shape index (κ3) is 4.40. The number of nitrogen functional groups attached to an aromatic ring is 1. The number of amides is 1. The third-order valence-electron chi connectivity index (χ3n) is 3.67. The lowest BCUT2D eigenvalue weighted by atomic mass is 10.3. The molecule has 0 aliphatic rings. The Kier molecular flexibility index (Phi) is 4.80. The molecule has 0 unspecified atom stereocenters. The fraction of sp³-hybridized carbons (Fsp3) is 0.176. The van der Waals surface area contributed by atoms with Crippen LogP contribution in [0, 0.1) is 0 Å². The van der Waals surface area contributed by atoms with Crippen molar-refractivity contribution in [1.29, 1.82) is 0 Å². The van der Waals surface area contributed by atoms with Gasteiger partial charge in [-0.2, -0.15) is 0 Å². The molecule has 0 saturated heterocycles. The number of rotatable bonds is 5. The normalized spacial score (nSPS) is 11.4. The number of hydrogen-bond donors (Lipinski definition) is 3. The second kappa shape index (κ2) is 7.06. The average molecular weight is 379 g/mol. The van der Waals surface area contributed by atoms with Crippen LogP contribution in [-0.4, -0.2) is 28.9 Å². The second-order valence-electron chi connectivity index (χ2n) is 5.64. The minimum atomic E-state index is -4.77. The number of ether oxygens (including phenoxy) is 1. The molecule has 0 fully saturated rings. The van der Waals surface area contributed by atoms with Gasteiger partial charge >= 0.3 is 6.36 Å². The first kappa shape index (κ1) is 18.4. The van der Waals surface area contributed by atoms with Gasteiger partial charge in [-0.05, 0) is 42.5 Å². The zero-order valence-corrected chi connectivity index (χ0v) is 14.2. The van der Waals surface area contributed by atoms with Crippen LogP contribution in [0.3, 0.4) is 0 Å². The molecule has 0 spiro atoms. The van der Waals surface area contributed by atoms with E-state index in [0.29, 0.717) is 28.4 Å². The lowest BCUT2D eigenvalue weighted by molar-refractivity contribution is -0.274. The summed E-state index contributed by atoms with van der Waals surface area (Å²) in [5.74, 6) is -0.258. The van der Waals surface area contributed by atoms with Crippen molar-refractivity contribution in [3.05, 3.63) is 42.5 Å². The zero-order chi connectivity index (χ0) is 19.6. The van der Waals surface area contributed by atoms with Gasteiger partial charge in [0, 0.05) is 18.4 Å². The Bertz CT molecular complexity index is 967. The standard InChI is InChI=1S/C17H16F3N5O2/c1-22-16-24-13-7-2-10(21)8-14(13)25(16)9-15(26)23-11-3-5-12(6-4-11)27-17(18,19)20/h2-8H,9,21H2,1H3,(H,22,24)(H,23,26). The summed E-state index contributed by atoms with van der Waals surface area (Å²) >= 11 is 0. The number of halogens is 3. The maximum absolute atomic E-state index is 12.4. The van der Waals surface area contributed by atoms with Crippen molar-refractivity contribution in [2.75, 3.05) is 23.4 Å². The van der Waals surface area contributed by atoms with Crippen LogP contribution in [0.2, 0.25) is 0 Å². The molecule has 3 aromatic rings. The number of carbonyl (C=O) groups is 1. The highest BCUT2D eigenvalue weighted by Crippen LogP contribution is 2.25. The predicted octanol–water partition coefficient (Wildman–Crippen LogP) is 3.20. The summed E-state index contributed by atoms with van der Waals surface area (Å²) in [6.45, 7) is -0.0586. The van der Waals surface area contributed by atoms with Crippen molar-refractivity contribution in [2.45, 2.75) is 12.9 Å². The van der Waals surface area contributed by atoms with Gasteiger partial charge in [0.25, 0.3) is 0 Å². The Morgan fingerprint density at radius 2 is 1.93 bits per heavy atom. The Labute approximate surface area is 151 Å². The number of imidazole rings is 1. The van der Waals surface area contributed by atoms with Crippen LogP contribution < -0.4 is 21.1 Å². The van der Waals surface area contributed by atoms with Gasteiger partial charge in [0.05, 0.1) is 11.0 Å². The Balaban J connectivity index is 1.74. The van der Waals surface area contributed by atoms with E-state index in [2.05, 4.69) is 20.4 Å². The lowest BCUT2D eigenvalue weighted by Crippen LogP contribution is -2.20. The quantitative estimate of drug-likeness (QED) is 0.592. The molecule has 3 rings (SSSR count). The summed E-state index contributed by atoms with van der Waals surface area (Å²) in [4.78, 5) is 16.7. The first-order valence-corrected chi connectivity index (χ1v) is 7.84.